The van der Waals surface area contributed by atoms with Crippen molar-refractivity contribution in [2.75, 3.05) is 27.5 Å². The number of sulfonamides is 1. The summed E-state index contributed by atoms with van der Waals surface area (Å²) < 4.78 is 49.7. The molecule has 2 unspecified atom stereocenters. The molecule has 168 valence electrons. The highest BCUT2D eigenvalue weighted by Crippen LogP contribution is 2.36. The highest BCUT2D eigenvalue weighted by atomic mass is 32.2. The summed E-state index contributed by atoms with van der Waals surface area (Å²) in [6.45, 7) is 0.707. The van der Waals surface area contributed by atoms with Gasteiger partial charge in [-0.2, -0.15) is 4.98 Å². The number of hydrogen-bond acceptors (Lipinski definition) is 9. The Morgan fingerprint density at radius 1 is 1.12 bits per heavy atom. The fourth-order valence-corrected chi connectivity index (χ4v) is 5.18. The summed E-state index contributed by atoms with van der Waals surface area (Å²) in [6.07, 6.45) is 0.509. The van der Waals surface area contributed by atoms with E-state index < -0.39 is 10.0 Å². The number of rotatable bonds is 6. The van der Waals surface area contributed by atoms with Gasteiger partial charge in [-0.3, -0.25) is 4.90 Å². The molecule has 2 aliphatic heterocycles. The van der Waals surface area contributed by atoms with Crippen LogP contribution in [0.15, 0.2) is 51.9 Å². The van der Waals surface area contributed by atoms with Crippen LogP contribution in [0.5, 0.6) is 17.2 Å². The molecule has 32 heavy (non-hydrogen) atoms. The zero-order chi connectivity index (χ0) is 22.3. The van der Waals surface area contributed by atoms with Gasteiger partial charge in [0, 0.05) is 18.2 Å². The molecule has 2 aliphatic rings. The average molecular weight is 458 g/mol. The number of methoxy groups -OCH3 is 1. The Bertz CT molecular complexity index is 1230. The third-order valence-electron chi connectivity index (χ3n) is 5.60. The van der Waals surface area contributed by atoms with Gasteiger partial charge in [0.05, 0.1) is 18.0 Å². The number of aromatic nitrogens is 2. The maximum atomic E-state index is 12.8. The molecule has 1 N–H and O–H groups in total. The van der Waals surface area contributed by atoms with Crippen LogP contribution in [0.4, 0.5) is 0 Å². The van der Waals surface area contributed by atoms with Gasteiger partial charge in [-0.1, -0.05) is 5.16 Å². The van der Waals surface area contributed by atoms with E-state index in [0.717, 1.165) is 5.56 Å². The Balaban J connectivity index is 1.29. The third-order valence-corrected chi connectivity index (χ3v) is 7.13. The highest BCUT2D eigenvalue weighted by molar-refractivity contribution is 7.89. The van der Waals surface area contributed by atoms with Crippen LogP contribution in [0, 0.1) is 0 Å². The van der Waals surface area contributed by atoms with E-state index in [1.807, 2.05) is 18.0 Å². The van der Waals surface area contributed by atoms with E-state index in [1.165, 1.54) is 19.2 Å². The summed E-state index contributed by atoms with van der Waals surface area (Å²) >= 11 is 0. The van der Waals surface area contributed by atoms with Gasteiger partial charge in [0.1, 0.15) is 5.75 Å². The van der Waals surface area contributed by atoms with E-state index in [1.54, 1.807) is 24.3 Å². The van der Waals surface area contributed by atoms with Crippen molar-refractivity contribution in [3.8, 4) is 28.6 Å². The average Bonchev–Trinajstić information content (AvgIpc) is 3.52. The predicted molar refractivity (Wildman–Crippen MR) is 113 cm³/mol. The molecule has 10 nitrogen and oxygen atoms in total. The maximum Gasteiger partial charge on any atom is 0.244 e. The fraction of sp³-hybridized carbons (Fsp3) is 0.333. The van der Waals surface area contributed by atoms with Gasteiger partial charge in [0.2, 0.25) is 28.5 Å². The third kappa shape index (κ3) is 3.90. The molecule has 2 atom stereocenters. The first kappa shape index (κ1) is 20.7. The smallest absolute Gasteiger partial charge is 0.244 e. The largest absolute Gasteiger partial charge is 0.497 e. The highest BCUT2D eigenvalue weighted by Gasteiger charge is 2.36. The first-order valence-electron chi connectivity index (χ1n) is 10.0. The van der Waals surface area contributed by atoms with Crippen LogP contribution in [0.25, 0.3) is 11.4 Å². The Morgan fingerprint density at radius 3 is 2.69 bits per heavy atom. The van der Waals surface area contributed by atoms with Gasteiger partial charge in [0.25, 0.3) is 0 Å². The van der Waals surface area contributed by atoms with Crippen molar-refractivity contribution in [2.45, 2.75) is 23.4 Å². The van der Waals surface area contributed by atoms with Gasteiger partial charge in [-0.15, -0.1) is 0 Å². The van der Waals surface area contributed by atoms with Crippen LogP contribution in [0.2, 0.25) is 0 Å². The van der Waals surface area contributed by atoms with Crippen LogP contribution in [0.1, 0.15) is 18.4 Å². The lowest BCUT2D eigenvalue weighted by atomic mass is 10.1. The summed E-state index contributed by atoms with van der Waals surface area (Å²) in [4.78, 5) is 6.73. The molecule has 0 saturated carbocycles. The number of ether oxygens (including phenoxy) is 3. The molecule has 0 radical (unpaired) electrons. The Morgan fingerprint density at radius 2 is 1.91 bits per heavy atom. The van der Waals surface area contributed by atoms with Gasteiger partial charge < -0.3 is 18.7 Å². The minimum Gasteiger partial charge on any atom is -0.497 e. The van der Waals surface area contributed by atoms with Gasteiger partial charge in [-0.25, -0.2) is 13.1 Å². The van der Waals surface area contributed by atoms with Crippen molar-refractivity contribution < 1.29 is 27.2 Å². The van der Waals surface area contributed by atoms with E-state index in [4.69, 9.17) is 18.7 Å². The molecule has 0 bridgehead atoms. The van der Waals surface area contributed by atoms with Crippen LogP contribution in [-0.4, -0.2) is 57.0 Å². The van der Waals surface area contributed by atoms with Crippen molar-refractivity contribution in [1.82, 2.24) is 19.8 Å². The molecular weight excluding hydrogens is 436 g/mol. The lowest BCUT2D eigenvalue weighted by Gasteiger charge is -2.14. The van der Waals surface area contributed by atoms with Crippen molar-refractivity contribution in [3.05, 3.63) is 48.4 Å². The zero-order valence-corrected chi connectivity index (χ0v) is 18.3. The SMILES string of the molecule is COc1ccc(S(=O)(=O)NC2CC(c3nc(-c4ccc5c(c4)OCO5)no3)N(C)C2)cc1. The monoisotopic (exact) mass is 458 g/mol. The first-order chi connectivity index (χ1) is 15.4. The Kier molecular flexibility index (Phi) is 5.24. The van der Waals surface area contributed by atoms with Gasteiger partial charge in [-0.05, 0) is 55.9 Å². The summed E-state index contributed by atoms with van der Waals surface area (Å²) in [5.41, 5.74) is 0.752. The van der Waals surface area contributed by atoms with Gasteiger partial charge >= 0.3 is 0 Å². The van der Waals surface area contributed by atoms with E-state index in [0.29, 0.717) is 41.9 Å². The first-order valence-corrected chi connectivity index (χ1v) is 11.5. The van der Waals surface area contributed by atoms with E-state index in [-0.39, 0.29) is 23.8 Å². The van der Waals surface area contributed by atoms with Crippen molar-refractivity contribution in [3.63, 3.8) is 0 Å². The maximum absolute atomic E-state index is 12.8. The molecule has 1 saturated heterocycles. The number of likely N-dealkylation sites (tertiary alicyclic amines) is 1. The molecule has 1 fully saturated rings. The minimum atomic E-state index is -3.67. The molecule has 3 heterocycles. The lowest BCUT2D eigenvalue weighted by Crippen LogP contribution is -2.36. The molecule has 5 rings (SSSR count). The lowest BCUT2D eigenvalue weighted by molar-refractivity contribution is 0.174. The molecule has 0 aliphatic carbocycles. The van der Waals surface area contributed by atoms with Crippen LogP contribution in [0.3, 0.4) is 0 Å². The predicted octanol–water partition coefficient (Wildman–Crippen LogP) is 2.20. The van der Waals surface area contributed by atoms with Crippen LogP contribution >= 0.6 is 0 Å². The summed E-state index contributed by atoms with van der Waals surface area (Å²) in [5, 5.41) is 4.09. The molecular formula is C21H22N4O6S. The van der Waals surface area contributed by atoms with Gasteiger partial charge in [0.15, 0.2) is 11.5 Å². The molecule has 11 heteroatoms. The molecule has 0 amide bonds. The second-order valence-corrected chi connectivity index (χ2v) is 9.42. The summed E-state index contributed by atoms with van der Waals surface area (Å²) in [5.74, 6) is 2.79. The zero-order valence-electron chi connectivity index (χ0n) is 17.5. The van der Waals surface area contributed by atoms with E-state index >= 15 is 0 Å². The van der Waals surface area contributed by atoms with Crippen molar-refractivity contribution in [1.29, 1.82) is 0 Å². The number of nitrogens with zero attached hydrogens (tertiary/aromatic N) is 3. The molecule has 3 aromatic rings. The molecule has 1 aromatic heterocycles. The fourth-order valence-electron chi connectivity index (χ4n) is 3.94. The second-order valence-electron chi connectivity index (χ2n) is 7.71. The number of nitrogens with one attached hydrogen (secondary N) is 1. The summed E-state index contributed by atoms with van der Waals surface area (Å²) in [7, 11) is -0.233. The second kappa shape index (κ2) is 8.08. The normalized spacial score (nSPS) is 20.6. The van der Waals surface area contributed by atoms with E-state index in [9.17, 15) is 8.42 Å². The quantitative estimate of drug-likeness (QED) is 0.593. The number of benzene rings is 2. The Labute approximate surface area is 185 Å². The number of fused-ring (bicyclic) bond motifs is 1. The minimum absolute atomic E-state index is 0.187. The van der Waals surface area contributed by atoms with Crippen molar-refractivity contribution >= 4 is 10.0 Å². The Hall–Kier alpha value is -3.15. The molecule has 2 aromatic carbocycles. The number of likely N-dealkylation sites (N-methyl/N-ethyl adjacent to an activating group) is 1. The van der Waals surface area contributed by atoms with Crippen LogP contribution < -0.4 is 18.9 Å². The van der Waals surface area contributed by atoms with Crippen molar-refractivity contribution in [2.24, 2.45) is 0 Å². The number of hydrogen-bond donors (Lipinski definition) is 1. The van der Waals surface area contributed by atoms with Crippen LogP contribution in [-0.2, 0) is 10.0 Å². The topological polar surface area (TPSA) is 116 Å². The van der Waals surface area contributed by atoms with E-state index in [2.05, 4.69) is 14.9 Å². The standard InChI is InChI=1S/C21H22N4O6S/c1-25-11-14(24-32(26,27)16-6-4-15(28-2)5-7-16)10-17(25)21-22-20(23-31-21)13-3-8-18-19(9-13)30-12-29-18/h3-9,14,17,24H,10-12H2,1-2H3. The molecule has 0 spiro atoms. The summed E-state index contributed by atoms with van der Waals surface area (Å²) in [6, 6.07) is 11.2.